The first kappa shape index (κ1) is 21.0. The fraction of sp³-hybridized carbons (Fsp3) is 0.368. The lowest BCUT2D eigenvalue weighted by molar-refractivity contribution is -0.139. The smallest absolute Gasteiger partial charge is 0.382 e. The monoisotopic (exact) mass is 432 g/mol. The number of hydrogen-bond acceptors (Lipinski definition) is 3. The molecule has 28 heavy (non-hydrogen) atoms. The van der Waals surface area contributed by atoms with Gasteiger partial charge in [-0.25, -0.2) is 8.42 Å². The Hall–Kier alpha value is -1.77. The van der Waals surface area contributed by atoms with Crippen molar-refractivity contribution in [3.8, 4) is 0 Å². The van der Waals surface area contributed by atoms with Crippen LogP contribution in [-0.2, 0) is 16.2 Å². The Labute approximate surface area is 167 Å². The number of nitrogens with zero attached hydrogens (tertiary/aromatic N) is 1. The molecule has 2 aromatic carbocycles. The molecule has 152 valence electrons. The van der Waals surface area contributed by atoms with Gasteiger partial charge in [0.1, 0.15) is 0 Å². The molecule has 0 unspecified atom stereocenters. The van der Waals surface area contributed by atoms with E-state index in [2.05, 4.69) is 5.32 Å². The average Bonchev–Trinajstić information content (AvgIpc) is 2.63. The van der Waals surface area contributed by atoms with Gasteiger partial charge in [0, 0.05) is 29.8 Å². The maximum Gasteiger partial charge on any atom is 0.417 e. The predicted molar refractivity (Wildman–Crippen MR) is 103 cm³/mol. The van der Waals surface area contributed by atoms with Gasteiger partial charge >= 0.3 is 6.18 Å². The Balaban J connectivity index is 1.76. The second kappa shape index (κ2) is 7.93. The molecule has 1 saturated heterocycles. The summed E-state index contributed by atoms with van der Waals surface area (Å²) in [6, 6.07) is 10.6. The van der Waals surface area contributed by atoms with E-state index in [-0.39, 0.29) is 24.2 Å². The van der Waals surface area contributed by atoms with E-state index in [1.54, 1.807) is 0 Å². The molecule has 1 aliphatic rings. The van der Waals surface area contributed by atoms with E-state index in [4.69, 9.17) is 11.6 Å². The maximum absolute atomic E-state index is 13.3. The Morgan fingerprint density at radius 2 is 1.75 bits per heavy atom. The third-order valence-electron chi connectivity index (χ3n) is 4.82. The van der Waals surface area contributed by atoms with Gasteiger partial charge in [0.05, 0.1) is 10.5 Å². The van der Waals surface area contributed by atoms with Crippen LogP contribution in [0.4, 0.5) is 18.9 Å². The van der Waals surface area contributed by atoms with Crippen LogP contribution in [0.1, 0.15) is 24.0 Å². The molecule has 0 aliphatic carbocycles. The molecule has 1 heterocycles. The van der Waals surface area contributed by atoms with Gasteiger partial charge in [-0.15, -0.1) is 0 Å². The number of anilines is 1. The molecule has 1 N–H and O–H groups in total. The molecule has 0 aromatic heterocycles. The van der Waals surface area contributed by atoms with Crippen molar-refractivity contribution in [2.24, 2.45) is 0 Å². The summed E-state index contributed by atoms with van der Waals surface area (Å²) in [4.78, 5) is -0.755. The number of aryl methyl sites for hydroxylation is 1. The van der Waals surface area contributed by atoms with E-state index >= 15 is 0 Å². The van der Waals surface area contributed by atoms with Crippen molar-refractivity contribution in [1.29, 1.82) is 0 Å². The van der Waals surface area contributed by atoms with Crippen molar-refractivity contribution in [3.63, 3.8) is 0 Å². The molecule has 0 radical (unpaired) electrons. The third-order valence-corrected chi connectivity index (χ3v) is 7.02. The van der Waals surface area contributed by atoms with E-state index < -0.39 is 26.7 Å². The normalized spacial score (nSPS) is 16.9. The number of benzene rings is 2. The number of piperidine rings is 1. The summed E-state index contributed by atoms with van der Waals surface area (Å²) in [6.45, 7) is 2.26. The average molecular weight is 433 g/mol. The fourth-order valence-electron chi connectivity index (χ4n) is 3.28. The largest absolute Gasteiger partial charge is 0.417 e. The lowest BCUT2D eigenvalue weighted by Crippen LogP contribution is -2.42. The van der Waals surface area contributed by atoms with E-state index in [0.29, 0.717) is 18.9 Å². The van der Waals surface area contributed by atoms with Crippen molar-refractivity contribution in [1.82, 2.24) is 4.31 Å². The summed E-state index contributed by atoms with van der Waals surface area (Å²) < 4.78 is 66.8. The van der Waals surface area contributed by atoms with Crippen LogP contribution < -0.4 is 5.32 Å². The Morgan fingerprint density at radius 3 is 2.36 bits per heavy atom. The van der Waals surface area contributed by atoms with Crippen LogP contribution in [0, 0.1) is 6.92 Å². The number of nitrogens with one attached hydrogen (secondary N) is 1. The lowest BCUT2D eigenvalue weighted by Gasteiger charge is -2.33. The second-order valence-corrected chi connectivity index (χ2v) is 9.12. The van der Waals surface area contributed by atoms with Crippen LogP contribution in [0.25, 0.3) is 0 Å². The van der Waals surface area contributed by atoms with E-state index in [9.17, 15) is 21.6 Å². The van der Waals surface area contributed by atoms with Crippen molar-refractivity contribution >= 4 is 27.3 Å². The van der Waals surface area contributed by atoms with Crippen molar-refractivity contribution in [2.45, 2.75) is 36.9 Å². The summed E-state index contributed by atoms with van der Waals surface area (Å²) in [7, 11) is -4.27. The summed E-state index contributed by atoms with van der Waals surface area (Å²) in [6.07, 6.45) is -3.80. The molecule has 2 aromatic rings. The zero-order valence-electron chi connectivity index (χ0n) is 15.1. The second-order valence-electron chi connectivity index (χ2n) is 6.78. The van der Waals surface area contributed by atoms with Crippen LogP contribution in [0.15, 0.2) is 47.4 Å². The summed E-state index contributed by atoms with van der Waals surface area (Å²) in [5.74, 6) is 0. The van der Waals surface area contributed by atoms with Crippen LogP contribution in [0.2, 0.25) is 5.02 Å². The minimum atomic E-state index is -4.81. The summed E-state index contributed by atoms with van der Waals surface area (Å²) in [5, 5.41) is 3.23. The van der Waals surface area contributed by atoms with Gasteiger partial charge in [-0.2, -0.15) is 17.5 Å². The molecule has 0 bridgehead atoms. The minimum absolute atomic E-state index is 0.0554. The summed E-state index contributed by atoms with van der Waals surface area (Å²) >= 11 is 5.65. The molecule has 0 spiro atoms. The van der Waals surface area contributed by atoms with Crippen LogP contribution in [-0.4, -0.2) is 31.9 Å². The molecule has 3 rings (SSSR count). The van der Waals surface area contributed by atoms with Crippen molar-refractivity contribution in [2.75, 3.05) is 18.4 Å². The number of hydrogen-bond donors (Lipinski definition) is 1. The molecule has 0 atom stereocenters. The van der Waals surface area contributed by atoms with Gasteiger partial charge in [0.15, 0.2) is 0 Å². The summed E-state index contributed by atoms with van der Waals surface area (Å²) in [5.41, 5.74) is 0.814. The van der Waals surface area contributed by atoms with Crippen molar-refractivity contribution < 1.29 is 21.6 Å². The highest BCUT2D eigenvalue weighted by Crippen LogP contribution is 2.37. The number of para-hydroxylation sites is 1. The van der Waals surface area contributed by atoms with Gasteiger partial charge in [-0.05, 0) is 49.6 Å². The van der Waals surface area contributed by atoms with Gasteiger partial charge in [-0.1, -0.05) is 29.8 Å². The van der Waals surface area contributed by atoms with Crippen LogP contribution in [0.3, 0.4) is 0 Å². The first-order chi connectivity index (χ1) is 13.1. The fourth-order valence-corrected chi connectivity index (χ4v) is 5.12. The minimum Gasteiger partial charge on any atom is -0.382 e. The van der Waals surface area contributed by atoms with Crippen LogP contribution in [0.5, 0.6) is 0 Å². The number of rotatable bonds is 4. The first-order valence-electron chi connectivity index (χ1n) is 8.78. The maximum atomic E-state index is 13.3. The molecular formula is C19H20ClF3N2O2S. The van der Waals surface area contributed by atoms with Crippen LogP contribution >= 0.6 is 11.6 Å². The van der Waals surface area contributed by atoms with E-state index in [1.807, 2.05) is 31.2 Å². The lowest BCUT2D eigenvalue weighted by atomic mass is 10.1. The molecule has 4 nitrogen and oxygen atoms in total. The highest BCUT2D eigenvalue weighted by atomic mass is 35.5. The molecule has 0 saturated carbocycles. The first-order valence-corrected chi connectivity index (χ1v) is 10.6. The molecule has 0 amide bonds. The highest BCUT2D eigenvalue weighted by molar-refractivity contribution is 7.89. The van der Waals surface area contributed by atoms with Crippen molar-refractivity contribution in [3.05, 3.63) is 58.6 Å². The Kier molecular flexibility index (Phi) is 5.93. The Bertz CT molecular complexity index is 956. The topological polar surface area (TPSA) is 49.4 Å². The predicted octanol–water partition coefficient (Wildman–Crippen LogP) is 4.93. The SMILES string of the molecule is Cc1ccccc1NC1CCN(S(=O)(=O)c2ccc(Cl)cc2C(F)(F)F)CC1. The number of sulfonamides is 1. The quantitative estimate of drug-likeness (QED) is 0.745. The third kappa shape index (κ3) is 4.45. The van der Waals surface area contributed by atoms with Gasteiger partial charge in [0.25, 0.3) is 0 Å². The van der Waals surface area contributed by atoms with Gasteiger partial charge in [0.2, 0.25) is 10.0 Å². The van der Waals surface area contributed by atoms with Gasteiger partial charge in [-0.3, -0.25) is 0 Å². The van der Waals surface area contributed by atoms with E-state index in [1.165, 1.54) is 0 Å². The molecule has 9 heteroatoms. The van der Waals surface area contributed by atoms with E-state index in [0.717, 1.165) is 27.7 Å². The highest BCUT2D eigenvalue weighted by Gasteiger charge is 2.40. The zero-order valence-corrected chi connectivity index (χ0v) is 16.7. The Morgan fingerprint density at radius 1 is 1.11 bits per heavy atom. The number of halogens is 4. The molecule has 1 aliphatic heterocycles. The zero-order chi connectivity index (χ0) is 20.5. The standard InChI is InChI=1S/C19H20ClF3N2O2S/c1-13-4-2-3-5-17(13)24-15-8-10-25(11-9-15)28(26,27)18-7-6-14(20)12-16(18)19(21,22)23/h2-7,12,15,24H,8-11H2,1H3. The van der Waals surface area contributed by atoms with Gasteiger partial charge < -0.3 is 5.32 Å². The molecular weight excluding hydrogens is 413 g/mol. The number of alkyl halides is 3. The molecule has 1 fully saturated rings.